The molecule has 0 bridgehead atoms. The number of piperidine rings is 1. The lowest BCUT2D eigenvalue weighted by Gasteiger charge is -2.34. The quantitative estimate of drug-likeness (QED) is 0.504. The number of pyridine rings is 1. The minimum absolute atomic E-state index is 0.0126. The summed E-state index contributed by atoms with van der Waals surface area (Å²) in [5.74, 6) is -2.77. The second kappa shape index (κ2) is 14.2. The Labute approximate surface area is 208 Å². The van der Waals surface area contributed by atoms with E-state index in [9.17, 15) is 18.0 Å². The second-order valence-electron chi connectivity index (χ2n) is 8.53. The molecular formula is C26H31F3N4O3. The van der Waals surface area contributed by atoms with Gasteiger partial charge in [0.05, 0.1) is 11.6 Å². The van der Waals surface area contributed by atoms with Crippen LogP contribution < -0.4 is 5.32 Å². The first-order chi connectivity index (χ1) is 17.2. The van der Waals surface area contributed by atoms with E-state index in [1.54, 1.807) is 0 Å². The number of rotatable bonds is 8. The molecule has 1 aromatic heterocycles. The molecule has 0 unspecified atom stereocenters. The Balaban J connectivity index is 0.000000572. The minimum atomic E-state index is -5.08. The number of carbonyl (C=O) groups is 2. The van der Waals surface area contributed by atoms with Crippen molar-refractivity contribution >= 4 is 11.9 Å². The highest BCUT2D eigenvalue weighted by Gasteiger charge is 2.38. The van der Waals surface area contributed by atoms with E-state index in [-0.39, 0.29) is 11.9 Å². The number of aryl methyl sites for hydroxylation is 1. The first kappa shape index (κ1) is 28.8. The van der Waals surface area contributed by atoms with E-state index < -0.39 is 12.1 Å². The van der Waals surface area contributed by atoms with E-state index in [2.05, 4.69) is 23.3 Å². The number of nitriles is 1. The molecule has 36 heavy (non-hydrogen) atoms. The molecular weight excluding hydrogens is 473 g/mol. The topological polar surface area (TPSA) is 106 Å². The van der Waals surface area contributed by atoms with Gasteiger partial charge in [-0.05, 0) is 68.1 Å². The van der Waals surface area contributed by atoms with Gasteiger partial charge in [-0.2, -0.15) is 18.4 Å². The number of alkyl halides is 3. The Morgan fingerprint density at radius 3 is 2.22 bits per heavy atom. The molecule has 2 aromatic rings. The average molecular weight is 505 g/mol. The second-order valence-corrected chi connectivity index (χ2v) is 8.53. The van der Waals surface area contributed by atoms with E-state index in [1.165, 1.54) is 18.4 Å². The first-order valence-corrected chi connectivity index (χ1v) is 11.9. The van der Waals surface area contributed by atoms with Crippen LogP contribution in [0.25, 0.3) is 0 Å². The Morgan fingerprint density at radius 1 is 1.11 bits per heavy atom. The fraction of sp³-hybridized carbons (Fsp3) is 0.462. The molecule has 3 rings (SSSR count). The van der Waals surface area contributed by atoms with Crippen molar-refractivity contribution in [3.8, 4) is 6.07 Å². The van der Waals surface area contributed by atoms with Crippen LogP contribution in [0.5, 0.6) is 0 Å². The Bertz CT molecular complexity index is 1010. The molecule has 1 amide bonds. The monoisotopic (exact) mass is 504 g/mol. The van der Waals surface area contributed by atoms with E-state index >= 15 is 0 Å². The van der Waals surface area contributed by atoms with Gasteiger partial charge in [0.15, 0.2) is 0 Å². The standard InChI is InChI=1S/C24H30N4O.C2HF3O2/c1-2-3-4-5-20-10-11-23(27-17-20)24(29)28(22-12-14-26-15-13-22)18-21-8-6-19(16-25)7-9-21;3-2(4,5)1(6)7/h6-11,17,22,26H,2-5,12-15,18H2,1H3;(H,6,7). The number of carboxylic acids is 1. The largest absolute Gasteiger partial charge is 0.490 e. The summed E-state index contributed by atoms with van der Waals surface area (Å²) in [5, 5.41) is 19.5. The SMILES string of the molecule is CCCCCc1ccc(C(=O)N(Cc2ccc(C#N)cc2)C2CCNCC2)nc1.O=C(O)C(F)(F)F. The maximum atomic E-state index is 13.3. The Hall–Kier alpha value is -3.45. The third-order valence-electron chi connectivity index (χ3n) is 5.80. The predicted molar refractivity (Wildman–Crippen MR) is 128 cm³/mol. The van der Waals surface area contributed by atoms with Gasteiger partial charge in [-0.1, -0.05) is 38.0 Å². The zero-order chi connectivity index (χ0) is 26.6. The molecule has 0 spiro atoms. The Morgan fingerprint density at radius 2 is 1.72 bits per heavy atom. The molecule has 1 aliphatic heterocycles. The summed E-state index contributed by atoms with van der Waals surface area (Å²) >= 11 is 0. The van der Waals surface area contributed by atoms with E-state index in [4.69, 9.17) is 15.2 Å². The summed E-state index contributed by atoms with van der Waals surface area (Å²) in [6.45, 7) is 4.58. The zero-order valence-corrected chi connectivity index (χ0v) is 20.2. The van der Waals surface area contributed by atoms with Crippen LogP contribution in [0.3, 0.4) is 0 Å². The van der Waals surface area contributed by atoms with Crippen LogP contribution in [0, 0.1) is 11.3 Å². The molecule has 194 valence electrons. The molecule has 0 atom stereocenters. The summed E-state index contributed by atoms with van der Waals surface area (Å²) < 4.78 is 31.7. The maximum Gasteiger partial charge on any atom is 0.490 e. The predicted octanol–water partition coefficient (Wildman–Crippen LogP) is 4.71. The normalized spacial score (nSPS) is 13.8. The van der Waals surface area contributed by atoms with Crippen LogP contribution in [-0.4, -0.2) is 52.2 Å². The van der Waals surface area contributed by atoms with Gasteiger partial charge in [0.25, 0.3) is 5.91 Å². The number of aliphatic carboxylic acids is 1. The number of unbranched alkanes of at least 4 members (excludes halogenated alkanes) is 2. The van der Waals surface area contributed by atoms with Crippen LogP contribution in [0.1, 0.15) is 66.2 Å². The van der Waals surface area contributed by atoms with Crippen molar-refractivity contribution in [3.05, 3.63) is 65.0 Å². The highest BCUT2D eigenvalue weighted by atomic mass is 19.4. The number of nitrogens with zero attached hydrogens (tertiary/aromatic N) is 3. The highest BCUT2D eigenvalue weighted by Crippen LogP contribution is 2.19. The number of hydrogen-bond donors (Lipinski definition) is 2. The van der Waals surface area contributed by atoms with Crippen LogP contribution in [0.4, 0.5) is 13.2 Å². The van der Waals surface area contributed by atoms with E-state index in [1.807, 2.05) is 47.5 Å². The molecule has 0 radical (unpaired) electrons. The maximum absolute atomic E-state index is 13.3. The summed E-state index contributed by atoms with van der Waals surface area (Å²) in [7, 11) is 0. The lowest BCUT2D eigenvalue weighted by Crippen LogP contribution is -2.46. The molecule has 10 heteroatoms. The van der Waals surface area contributed by atoms with Crippen molar-refractivity contribution in [2.24, 2.45) is 0 Å². The number of hydrogen-bond acceptors (Lipinski definition) is 5. The smallest absolute Gasteiger partial charge is 0.475 e. The Kier molecular flexibility index (Phi) is 11.3. The fourth-order valence-electron chi connectivity index (χ4n) is 3.79. The number of carboxylic acid groups (broad SMARTS) is 1. The van der Waals surface area contributed by atoms with Crippen molar-refractivity contribution in [3.63, 3.8) is 0 Å². The third-order valence-corrected chi connectivity index (χ3v) is 5.80. The summed E-state index contributed by atoms with van der Waals surface area (Å²) in [6.07, 6.45) is 3.24. The zero-order valence-electron chi connectivity index (χ0n) is 20.2. The molecule has 7 nitrogen and oxygen atoms in total. The van der Waals surface area contributed by atoms with Gasteiger partial charge in [-0.25, -0.2) is 4.79 Å². The lowest BCUT2D eigenvalue weighted by atomic mass is 10.0. The summed E-state index contributed by atoms with van der Waals surface area (Å²) in [6, 6.07) is 13.7. The van der Waals surface area contributed by atoms with Crippen LogP contribution >= 0.6 is 0 Å². The van der Waals surface area contributed by atoms with Crippen molar-refractivity contribution in [2.75, 3.05) is 13.1 Å². The molecule has 1 saturated heterocycles. The van der Waals surface area contributed by atoms with Crippen molar-refractivity contribution < 1.29 is 27.9 Å². The number of benzene rings is 1. The van der Waals surface area contributed by atoms with Crippen molar-refractivity contribution in [1.82, 2.24) is 15.2 Å². The summed E-state index contributed by atoms with van der Waals surface area (Å²) in [5.41, 5.74) is 3.37. The lowest BCUT2D eigenvalue weighted by molar-refractivity contribution is -0.192. The minimum Gasteiger partial charge on any atom is -0.475 e. The number of halogens is 3. The summed E-state index contributed by atoms with van der Waals surface area (Å²) in [4.78, 5) is 28.7. The van der Waals surface area contributed by atoms with Crippen LogP contribution in [0.2, 0.25) is 0 Å². The number of carbonyl (C=O) groups excluding carboxylic acids is 1. The molecule has 0 aliphatic carbocycles. The van der Waals surface area contributed by atoms with Gasteiger partial charge >= 0.3 is 12.1 Å². The third kappa shape index (κ3) is 9.30. The van der Waals surface area contributed by atoms with Gasteiger partial charge in [-0.3, -0.25) is 9.78 Å². The van der Waals surface area contributed by atoms with Crippen molar-refractivity contribution in [1.29, 1.82) is 5.26 Å². The molecule has 0 saturated carbocycles. The number of amides is 1. The molecule has 2 heterocycles. The van der Waals surface area contributed by atoms with E-state index in [0.29, 0.717) is 17.8 Å². The van der Waals surface area contributed by atoms with Gasteiger partial charge in [0.2, 0.25) is 0 Å². The van der Waals surface area contributed by atoms with Crippen LogP contribution in [-0.2, 0) is 17.8 Å². The van der Waals surface area contributed by atoms with Gasteiger partial charge in [0.1, 0.15) is 5.69 Å². The van der Waals surface area contributed by atoms with Crippen molar-refractivity contribution in [2.45, 2.75) is 64.2 Å². The highest BCUT2D eigenvalue weighted by molar-refractivity contribution is 5.92. The van der Waals surface area contributed by atoms with Gasteiger partial charge in [-0.15, -0.1) is 0 Å². The molecule has 1 fully saturated rings. The van der Waals surface area contributed by atoms with E-state index in [0.717, 1.165) is 44.3 Å². The molecule has 1 aromatic carbocycles. The van der Waals surface area contributed by atoms with Crippen LogP contribution in [0.15, 0.2) is 42.6 Å². The first-order valence-electron chi connectivity index (χ1n) is 11.9. The number of aromatic nitrogens is 1. The number of nitrogens with one attached hydrogen (secondary N) is 1. The average Bonchev–Trinajstić information content (AvgIpc) is 2.88. The van der Waals surface area contributed by atoms with Gasteiger partial charge in [0, 0.05) is 18.8 Å². The molecule has 2 N–H and O–H groups in total. The van der Waals surface area contributed by atoms with Gasteiger partial charge < -0.3 is 15.3 Å². The fourth-order valence-corrected chi connectivity index (χ4v) is 3.79. The molecule has 1 aliphatic rings.